The van der Waals surface area contributed by atoms with Gasteiger partial charge in [0.1, 0.15) is 17.5 Å². The minimum Gasteiger partial charge on any atom is -0.478 e. The molecule has 2 unspecified atom stereocenters. The Morgan fingerprint density at radius 3 is 2.76 bits per heavy atom. The summed E-state index contributed by atoms with van der Waals surface area (Å²) in [7, 11) is 0. The zero-order valence-electron chi connectivity index (χ0n) is 10.3. The molecule has 0 saturated heterocycles. The highest BCUT2D eigenvalue weighted by Gasteiger charge is 2.39. The Labute approximate surface area is 120 Å². The minimum absolute atomic E-state index is 0.164. The van der Waals surface area contributed by atoms with Crippen molar-refractivity contribution in [1.82, 2.24) is 4.57 Å². The van der Waals surface area contributed by atoms with Crippen molar-refractivity contribution >= 4 is 29.9 Å². The lowest BCUT2D eigenvalue weighted by Crippen LogP contribution is -2.28. The van der Waals surface area contributed by atoms with Crippen LogP contribution >= 0.6 is 11.8 Å². The van der Waals surface area contributed by atoms with E-state index in [1.165, 1.54) is 18.1 Å². The minimum atomic E-state index is -4.73. The van der Waals surface area contributed by atoms with Crippen molar-refractivity contribution in [3.63, 3.8) is 0 Å². The van der Waals surface area contributed by atoms with Crippen molar-refractivity contribution in [2.45, 2.75) is 11.6 Å². The van der Waals surface area contributed by atoms with Crippen LogP contribution in [0.25, 0.3) is 0 Å². The second kappa shape index (κ2) is 4.76. The van der Waals surface area contributed by atoms with Crippen LogP contribution in [-0.2, 0) is 6.18 Å². The summed E-state index contributed by atoms with van der Waals surface area (Å²) in [5.41, 5.74) is -1.98. The van der Waals surface area contributed by atoms with E-state index in [1.54, 1.807) is 11.5 Å². The van der Waals surface area contributed by atoms with Crippen LogP contribution in [0, 0.1) is 5.92 Å². The van der Waals surface area contributed by atoms with Crippen LogP contribution in [0.5, 0.6) is 0 Å². The molecule has 0 bridgehead atoms. The average molecular weight is 315 g/mol. The predicted octanol–water partition coefficient (Wildman–Crippen LogP) is 2.70. The number of fused-ring (bicyclic) bond motifs is 1. The Hall–Kier alpha value is -2.03. The van der Waals surface area contributed by atoms with Crippen molar-refractivity contribution in [2.75, 3.05) is 0 Å². The molecule has 0 spiro atoms. The van der Waals surface area contributed by atoms with Crippen LogP contribution in [0.4, 0.5) is 13.2 Å². The number of carboxylic acid groups (broad SMARTS) is 1. The zero-order chi connectivity index (χ0) is 15.2. The first-order chi connectivity index (χ1) is 9.88. The van der Waals surface area contributed by atoms with Gasteiger partial charge >= 0.3 is 12.1 Å². The number of aromatic carboxylic acids is 1. The summed E-state index contributed by atoms with van der Waals surface area (Å²) in [5.74, 6) is -1.57. The molecule has 0 aliphatic carbocycles. The third-order valence-electron chi connectivity index (χ3n) is 3.14. The van der Waals surface area contributed by atoms with Gasteiger partial charge in [-0.2, -0.15) is 13.2 Å². The molecule has 1 N–H and O–H groups in total. The maximum atomic E-state index is 12.9. The molecule has 0 saturated carbocycles. The van der Waals surface area contributed by atoms with E-state index in [9.17, 15) is 18.0 Å². The highest BCUT2D eigenvalue weighted by Crippen LogP contribution is 2.36. The quantitative estimate of drug-likeness (QED) is 0.866. The zero-order valence-corrected chi connectivity index (χ0v) is 11.1. The summed E-state index contributed by atoms with van der Waals surface area (Å²) < 4.78 is 39.8. The largest absolute Gasteiger partial charge is 0.478 e. The Kier molecular flexibility index (Phi) is 3.16. The second-order valence-electron chi connectivity index (χ2n) is 4.43. The van der Waals surface area contributed by atoms with Crippen LogP contribution in [-0.4, -0.2) is 33.2 Å². The standard InChI is InChI=1S/C12H8F3N3O2S/c13-12(14,15)8-4-18(3-7(8)11(19)20)9-6-1-2-21-10(6)17-5-16-9/h1-6,10H,(H,19,20). The maximum Gasteiger partial charge on any atom is 0.418 e. The molecule has 110 valence electrons. The Morgan fingerprint density at radius 2 is 2.14 bits per heavy atom. The number of aromatic nitrogens is 1. The van der Waals surface area contributed by atoms with Gasteiger partial charge in [0.05, 0.1) is 17.0 Å². The Bertz CT molecular complexity index is 690. The van der Waals surface area contributed by atoms with Gasteiger partial charge in [0.2, 0.25) is 0 Å². The van der Waals surface area contributed by atoms with E-state index in [0.717, 1.165) is 17.0 Å². The number of aliphatic imine (C=N–C) groups is 2. The molecule has 3 heterocycles. The maximum absolute atomic E-state index is 12.9. The fourth-order valence-corrected chi connectivity index (χ4v) is 3.13. The van der Waals surface area contributed by atoms with E-state index in [4.69, 9.17) is 5.11 Å². The molecule has 21 heavy (non-hydrogen) atoms. The number of alkyl halides is 3. The lowest BCUT2D eigenvalue weighted by Gasteiger charge is -2.20. The SMILES string of the molecule is O=C(O)c1cn(C2=NC=NC3SC=CC23)cc1C(F)(F)F. The summed E-state index contributed by atoms with van der Waals surface area (Å²) in [4.78, 5) is 19.1. The molecule has 3 rings (SSSR count). The smallest absolute Gasteiger partial charge is 0.418 e. The van der Waals surface area contributed by atoms with Gasteiger partial charge in [-0.05, 0) is 5.41 Å². The number of hydrogen-bond donors (Lipinski definition) is 1. The summed E-state index contributed by atoms with van der Waals surface area (Å²) in [6, 6.07) is 0. The molecule has 0 amide bonds. The van der Waals surface area contributed by atoms with E-state index in [0.29, 0.717) is 5.84 Å². The lowest BCUT2D eigenvalue weighted by atomic mass is 10.1. The first-order valence-electron chi connectivity index (χ1n) is 5.82. The van der Waals surface area contributed by atoms with Crippen LogP contribution in [0.3, 0.4) is 0 Å². The second-order valence-corrected chi connectivity index (χ2v) is 5.46. The van der Waals surface area contributed by atoms with Crippen molar-refractivity contribution < 1.29 is 23.1 Å². The third kappa shape index (κ3) is 2.37. The van der Waals surface area contributed by atoms with Gasteiger partial charge in [-0.1, -0.05) is 6.08 Å². The molecule has 0 aromatic carbocycles. The molecule has 9 heteroatoms. The van der Waals surface area contributed by atoms with E-state index in [1.807, 2.05) is 0 Å². The van der Waals surface area contributed by atoms with Gasteiger partial charge in [-0.25, -0.2) is 9.79 Å². The van der Waals surface area contributed by atoms with Gasteiger partial charge in [0.25, 0.3) is 0 Å². The van der Waals surface area contributed by atoms with Crippen LogP contribution in [0.2, 0.25) is 0 Å². The molecule has 2 aliphatic rings. The fraction of sp³-hybridized carbons (Fsp3) is 0.250. The van der Waals surface area contributed by atoms with E-state index in [-0.39, 0.29) is 11.3 Å². The molecule has 5 nitrogen and oxygen atoms in total. The van der Waals surface area contributed by atoms with Gasteiger partial charge in [-0.3, -0.25) is 4.99 Å². The molecule has 1 aromatic heterocycles. The number of rotatable bonds is 1. The van der Waals surface area contributed by atoms with E-state index >= 15 is 0 Å². The van der Waals surface area contributed by atoms with Crippen LogP contribution in [0.15, 0.2) is 33.9 Å². The Balaban J connectivity index is 2.07. The molecule has 0 radical (unpaired) electrons. The van der Waals surface area contributed by atoms with Crippen molar-refractivity contribution in [1.29, 1.82) is 0 Å². The number of carboxylic acids is 1. The first kappa shape index (κ1) is 13.9. The summed E-state index contributed by atoms with van der Waals surface area (Å²) in [5, 5.41) is 10.6. The molecule has 1 aromatic rings. The number of thioether (sulfide) groups is 1. The van der Waals surface area contributed by atoms with E-state index < -0.39 is 23.3 Å². The fourth-order valence-electron chi connectivity index (χ4n) is 2.20. The molecular weight excluding hydrogens is 307 g/mol. The van der Waals surface area contributed by atoms with Gasteiger partial charge in [0.15, 0.2) is 0 Å². The van der Waals surface area contributed by atoms with Crippen LogP contribution in [0.1, 0.15) is 15.9 Å². The number of nitrogens with zero attached hydrogens (tertiary/aromatic N) is 3. The molecular formula is C12H8F3N3O2S. The normalized spacial score (nSPS) is 24.0. The van der Waals surface area contributed by atoms with E-state index in [2.05, 4.69) is 9.98 Å². The molecule has 2 atom stereocenters. The van der Waals surface area contributed by atoms with Crippen molar-refractivity contribution in [2.24, 2.45) is 15.9 Å². The highest BCUT2D eigenvalue weighted by molar-refractivity contribution is 8.03. The first-order valence-corrected chi connectivity index (χ1v) is 6.76. The van der Waals surface area contributed by atoms with Gasteiger partial charge in [-0.15, -0.1) is 11.8 Å². The molecule has 0 fully saturated rings. The van der Waals surface area contributed by atoms with Crippen molar-refractivity contribution in [3.8, 4) is 0 Å². The average Bonchev–Trinajstić information content (AvgIpc) is 3.04. The monoisotopic (exact) mass is 315 g/mol. The van der Waals surface area contributed by atoms with Crippen LogP contribution < -0.4 is 0 Å². The summed E-state index contributed by atoms with van der Waals surface area (Å²) in [6.07, 6.45) is 0.0386. The molecule has 2 aliphatic heterocycles. The predicted molar refractivity (Wildman–Crippen MR) is 71.7 cm³/mol. The number of carbonyl (C=O) groups is 1. The number of hydrogen-bond acceptors (Lipinski definition) is 4. The highest BCUT2D eigenvalue weighted by atomic mass is 32.2. The lowest BCUT2D eigenvalue weighted by molar-refractivity contribution is -0.138. The Morgan fingerprint density at radius 1 is 1.38 bits per heavy atom. The summed E-state index contributed by atoms with van der Waals surface area (Å²) in [6.45, 7) is 0. The number of halogens is 3. The van der Waals surface area contributed by atoms with Gasteiger partial charge in [0, 0.05) is 12.4 Å². The summed E-state index contributed by atoms with van der Waals surface area (Å²) >= 11 is 1.44. The third-order valence-corrected chi connectivity index (χ3v) is 4.15. The van der Waals surface area contributed by atoms with Gasteiger partial charge < -0.3 is 9.67 Å². The van der Waals surface area contributed by atoms with Crippen molar-refractivity contribution in [3.05, 3.63) is 35.0 Å². The topological polar surface area (TPSA) is 66.9 Å².